The minimum atomic E-state index is -0.158. The van der Waals surface area contributed by atoms with Gasteiger partial charge in [0.25, 0.3) is 0 Å². The summed E-state index contributed by atoms with van der Waals surface area (Å²) in [5.74, 6) is 1.34. The Labute approximate surface area is 221 Å². The fourth-order valence-electron chi connectivity index (χ4n) is 3.66. The standard InChI is InChI=1S/C28H29ClN4O2S/c1-5-35-24-9-7-6-8-23(24)30-25(34)18-36-27-32-31-26(33(27)22-16-14-21(29)15-17-22)19-10-12-20(13-11-19)28(2,3)4/h6-17H,5,18H2,1-4H3,(H,30,34). The number of para-hydroxylation sites is 2. The molecule has 1 N–H and O–H groups in total. The number of ether oxygens (including phenoxy) is 1. The van der Waals surface area contributed by atoms with Crippen molar-refractivity contribution in [2.75, 3.05) is 17.7 Å². The molecule has 36 heavy (non-hydrogen) atoms. The lowest BCUT2D eigenvalue weighted by Crippen LogP contribution is -2.15. The van der Waals surface area contributed by atoms with Gasteiger partial charge in [0.2, 0.25) is 5.91 Å². The fourth-order valence-corrected chi connectivity index (χ4v) is 4.54. The molecular weight excluding hydrogens is 492 g/mol. The molecule has 0 bridgehead atoms. The van der Waals surface area contributed by atoms with Crippen molar-refractivity contribution >= 4 is 35.0 Å². The molecular formula is C28H29ClN4O2S. The second-order valence-electron chi connectivity index (χ2n) is 9.21. The zero-order valence-electron chi connectivity index (χ0n) is 20.8. The normalized spacial score (nSPS) is 11.4. The quantitative estimate of drug-likeness (QED) is 0.253. The lowest BCUT2D eigenvalue weighted by atomic mass is 9.87. The molecule has 6 nitrogen and oxygen atoms in total. The van der Waals surface area contributed by atoms with Crippen LogP contribution in [0.5, 0.6) is 5.75 Å². The Bertz CT molecular complexity index is 1330. The van der Waals surface area contributed by atoms with Crippen LogP contribution in [0.1, 0.15) is 33.3 Å². The summed E-state index contributed by atoms with van der Waals surface area (Å²) in [6.07, 6.45) is 0. The van der Waals surface area contributed by atoms with Crippen molar-refractivity contribution in [3.8, 4) is 22.8 Å². The van der Waals surface area contributed by atoms with Gasteiger partial charge in [-0.2, -0.15) is 0 Å². The molecule has 4 aromatic rings. The predicted molar refractivity (Wildman–Crippen MR) is 147 cm³/mol. The molecule has 0 aliphatic carbocycles. The first-order valence-corrected chi connectivity index (χ1v) is 13.1. The van der Waals surface area contributed by atoms with Crippen molar-refractivity contribution in [2.24, 2.45) is 0 Å². The summed E-state index contributed by atoms with van der Waals surface area (Å²) >= 11 is 7.45. The largest absolute Gasteiger partial charge is 0.492 e. The zero-order valence-corrected chi connectivity index (χ0v) is 22.4. The monoisotopic (exact) mass is 520 g/mol. The van der Waals surface area contributed by atoms with Crippen molar-refractivity contribution < 1.29 is 9.53 Å². The minimum absolute atomic E-state index is 0.0531. The number of anilines is 1. The number of halogens is 1. The van der Waals surface area contributed by atoms with E-state index in [1.54, 1.807) is 0 Å². The van der Waals surface area contributed by atoms with Crippen LogP contribution in [0.15, 0.2) is 78.0 Å². The lowest BCUT2D eigenvalue weighted by molar-refractivity contribution is -0.113. The molecule has 1 aromatic heterocycles. The first-order valence-electron chi connectivity index (χ1n) is 11.7. The van der Waals surface area contributed by atoms with Crippen molar-refractivity contribution in [2.45, 2.75) is 38.3 Å². The number of nitrogens with zero attached hydrogens (tertiary/aromatic N) is 3. The first kappa shape index (κ1) is 25.8. The van der Waals surface area contributed by atoms with Crippen molar-refractivity contribution in [3.63, 3.8) is 0 Å². The van der Waals surface area contributed by atoms with Gasteiger partial charge in [0.05, 0.1) is 18.0 Å². The van der Waals surface area contributed by atoms with Crippen LogP contribution in [-0.2, 0) is 10.2 Å². The fraction of sp³-hybridized carbons (Fsp3) is 0.250. The van der Waals surface area contributed by atoms with E-state index in [4.69, 9.17) is 16.3 Å². The molecule has 0 atom stereocenters. The number of thioether (sulfide) groups is 1. The third-order valence-corrected chi connectivity index (χ3v) is 6.70. The summed E-state index contributed by atoms with van der Waals surface area (Å²) in [4.78, 5) is 12.8. The first-order chi connectivity index (χ1) is 17.3. The van der Waals surface area contributed by atoms with Crippen LogP contribution in [0.3, 0.4) is 0 Å². The van der Waals surface area contributed by atoms with Gasteiger partial charge in [-0.25, -0.2) is 0 Å². The van der Waals surface area contributed by atoms with E-state index >= 15 is 0 Å². The summed E-state index contributed by atoms with van der Waals surface area (Å²) in [5, 5.41) is 13.1. The van der Waals surface area contributed by atoms with Gasteiger partial charge in [-0.15, -0.1) is 10.2 Å². The van der Waals surface area contributed by atoms with E-state index in [-0.39, 0.29) is 17.1 Å². The maximum Gasteiger partial charge on any atom is 0.234 e. The maximum atomic E-state index is 12.8. The van der Waals surface area contributed by atoms with E-state index in [9.17, 15) is 4.79 Å². The van der Waals surface area contributed by atoms with Gasteiger partial charge >= 0.3 is 0 Å². The molecule has 0 unspecified atom stereocenters. The Morgan fingerprint density at radius 2 is 1.69 bits per heavy atom. The second kappa shape index (κ2) is 11.2. The average molecular weight is 521 g/mol. The summed E-state index contributed by atoms with van der Waals surface area (Å²) in [6.45, 7) is 8.98. The van der Waals surface area contributed by atoms with Gasteiger partial charge in [0.15, 0.2) is 11.0 Å². The third-order valence-electron chi connectivity index (χ3n) is 5.52. The number of rotatable bonds is 8. The molecule has 186 valence electrons. The van der Waals surface area contributed by atoms with E-state index < -0.39 is 0 Å². The van der Waals surface area contributed by atoms with Crippen LogP contribution in [0.2, 0.25) is 5.02 Å². The molecule has 0 aliphatic heterocycles. The summed E-state index contributed by atoms with van der Waals surface area (Å²) in [6, 6.07) is 23.2. The highest BCUT2D eigenvalue weighted by atomic mass is 35.5. The highest BCUT2D eigenvalue weighted by molar-refractivity contribution is 7.99. The number of amides is 1. The Kier molecular flexibility index (Phi) is 8.01. The van der Waals surface area contributed by atoms with Gasteiger partial charge in [-0.05, 0) is 54.3 Å². The number of hydrogen-bond donors (Lipinski definition) is 1. The second-order valence-corrected chi connectivity index (χ2v) is 10.6. The van der Waals surface area contributed by atoms with Crippen molar-refractivity contribution in [1.29, 1.82) is 0 Å². The van der Waals surface area contributed by atoms with Gasteiger partial charge in [-0.3, -0.25) is 9.36 Å². The number of hydrogen-bond acceptors (Lipinski definition) is 5. The van der Waals surface area contributed by atoms with E-state index in [1.807, 2.05) is 60.0 Å². The molecule has 0 fully saturated rings. The van der Waals surface area contributed by atoms with Crippen LogP contribution < -0.4 is 10.1 Å². The number of carbonyl (C=O) groups is 1. The molecule has 3 aromatic carbocycles. The topological polar surface area (TPSA) is 69.0 Å². The summed E-state index contributed by atoms with van der Waals surface area (Å²) in [5.41, 5.74) is 3.74. The molecule has 8 heteroatoms. The Hall–Kier alpha value is -3.29. The average Bonchev–Trinajstić information content (AvgIpc) is 3.28. The molecule has 0 spiro atoms. The number of nitrogens with one attached hydrogen (secondary N) is 1. The third kappa shape index (κ3) is 6.09. The van der Waals surface area contributed by atoms with E-state index in [0.29, 0.717) is 34.0 Å². The van der Waals surface area contributed by atoms with Gasteiger partial charge in [-0.1, -0.05) is 80.5 Å². The highest BCUT2D eigenvalue weighted by Crippen LogP contribution is 2.31. The van der Waals surface area contributed by atoms with E-state index in [2.05, 4.69) is 60.6 Å². The molecule has 0 saturated heterocycles. The Morgan fingerprint density at radius 1 is 1.00 bits per heavy atom. The Balaban J connectivity index is 1.60. The maximum absolute atomic E-state index is 12.8. The van der Waals surface area contributed by atoms with Crippen LogP contribution in [0.25, 0.3) is 17.1 Å². The molecule has 0 radical (unpaired) electrons. The molecule has 4 rings (SSSR count). The highest BCUT2D eigenvalue weighted by Gasteiger charge is 2.19. The summed E-state index contributed by atoms with van der Waals surface area (Å²) in [7, 11) is 0. The van der Waals surface area contributed by atoms with Crippen molar-refractivity contribution in [1.82, 2.24) is 14.8 Å². The number of carbonyl (C=O) groups excluding carboxylic acids is 1. The van der Waals surface area contributed by atoms with Crippen molar-refractivity contribution in [3.05, 3.63) is 83.4 Å². The van der Waals surface area contributed by atoms with Gasteiger partial charge in [0.1, 0.15) is 5.75 Å². The van der Waals surface area contributed by atoms with Gasteiger partial charge < -0.3 is 10.1 Å². The predicted octanol–water partition coefficient (Wildman–Crippen LogP) is 7.01. The number of aromatic nitrogens is 3. The van der Waals surface area contributed by atoms with Crippen LogP contribution in [-0.4, -0.2) is 33.0 Å². The van der Waals surface area contributed by atoms with Crippen LogP contribution in [0, 0.1) is 0 Å². The van der Waals surface area contributed by atoms with Crippen LogP contribution in [0.4, 0.5) is 5.69 Å². The van der Waals surface area contributed by atoms with Gasteiger partial charge in [0, 0.05) is 16.3 Å². The Morgan fingerprint density at radius 3 is 2.36 bits per heavy atom. The van der Waals surface area contributed by atoms with E-state index in [0.717, 1.165) is 11.3 Å². The molecule has 0 saturated carbocycles. The number of benzene rings is 3. The molecule has 0 aliphatic rings. The SMILES string of the molecule is CCOc1ccccc1NC(=O)CSc1nnc(-c2ccc(C(C)(C)C)cc2)n1-c1ccc(Cl)cc1. The van der Waals surface area contributed by atoms with E-state index in [1.165, 1.54) is 17.3 Å². The molecule has 1 amide bonds. The zero-order chi connectivity index (χ0) is 25.7. The summed E-state index contributed by atoms with van der Waals surface area (Å²) < 4.78 is 7.56. The smallest absolute Gasteiger partial charge is 0.234 e. The van der Waals surface area contributed by atoms with Crippen LogP contribution >= 0.6 is 23.4 Å². The lowest BCUT2D eigenvalue weighted by Gasteiger charge is -2.19. The minimum Gasteiger partial charge on any atom is -0.492 e. The molecule has 1 heterocycles.